The third-order valence-corrected chi connectivity index (χ3v) is 5.59. The van der Waals surface area contributed by atoms with Crippen LogP contribution in [0.3, 0.4) is 0 Å². The van der Waals surface area contributed by atoms with Gasteiger partial charge in [0.25, 0.3) is 0 Å². The van der Waals surface area contributed by atoms with Gasteiger partial charge in [-0.05, 0) is 55.0 Å². The zero-order chi connectivity index (χ0) is 13.7. The maximum absolute atomic E-state index is 6.04. The van der Waals surface area contributed by atoms with Crippen LogP contribution < -0.4 is 0 Å². The van der Waals surface area contributed by atoms with E-state index in [1.54, 1.807) is 0 Å². The summed E-state index contributed by atoms with van der Waals surface area (Å²) in [5.41, 5.74) is 1.32. The molecule has 0 aliphatic carbocycles. The van der Waals surface area contributed by atoms with Crippen molar-refractivity contribution in [3.63, 3.8) is 0 Å². The number of alkyl halides is 1. The quantitative estimate of drug-likeness (QED) is 0.576. The smallest absolute Gasteiger partial charge is 0.0408 e. The first kappa shape index (κ1) is 15.1. The molecule has 1 aromatic heterocycles. The van der Waals surface area contributed by atoms with Crippen LogP contribution in [0.1, 0.15) is 22.2 Å². The SMILES string of the molecule is CCc1ccc(CC(CBr)Cc2cccc(Cl)c2)s1. The highest BCUT2D eigenvalue weighted by atomic mass is 79.9. The Morgan fingerprint density at radius 1 is 1.16 bits per heavy atom. The predicted octanol–water partition coefficient (Wildman–Crippen LogP) is 5.76. The molecule has 1 atom stereocenters. The van der Waals surface area contributed by atoms with E-state index >= 15 is 0 Å². The molecule has 0 spiro atoms. The lowest BCUT2D eigenvalue weighted by atomic mass is 9.97. The lowest BCUT2D eigenvalue weighted by Crippen LogP contribution is -2.09. The van der Waals surface area contributed by atoms with Gasteiger partial charge in [0.2, 0.25) is 0 Å². The molecule has 0 saturated carbocycles. The van der Waals surface area contributed by atoms with E-state index in [9.17, 15) is 0 Å². The van der Waals surface area contributed by atoms with E-state index in [0.717, 1.165) is 29.6 Å². The van der Waals surface area contributed by atoms with Crippen LogP contribution in [0.15, 0.2) is 36.4 Å². The minimum Gasteiger partial charge on any atom is -0.145 e. The van der Waals surface area contributed by atoms with Gasteiger partial charge in [0.1, 0.15) is 0 Å². The summed E-state index contributed by atoms with van der Waals surface area (Å²) in [7, 11) is 0. The maximum atomic E-state index is 6.04. The van der Waals surface area contributed by atoms with Crippen molar-refractivity contribution in [3.05, 3.63) is 56.7 Å². The van der Waals surface area contributed by atoms with Crippen LogP contribution in [0.25, 0.3) is 0 Å². The Morgan fingerprint density at radius 2 is 1.95 bits per heavy atom. The molecule has 1 heterocycles. The molecule has 0 amide bonds. The molecule has 0 fully saturated rings. The van der Waals surface area contributed by atoms with Crippen LogP contribution in [-0.4, -0.2) is 5.33 Å². The highest BCUT2D eigenvalue weighted by Crippen LogP contribution is 2.24. The first-order valence-corrected chi connectivity index (χ1v) is 8.90. The predicted molar refractivity (Wildman–Crippen MR) is 89.8 cm³/mol. The van der Waals surface area contributed by atoms with Crippen LogP contribution >= 0.6 is 38.9 Å². The van der Waals surface area contributed by atoms with Crippen molar-refractivity contribution in [3.8, 4) is 0 Å². The van der Waals surface area contributed by atoms with E-state index in [1.807, 2.05) is 23.5 Å². The molecule has 1 aromatic carbocycles. The monoisotopic (exact) mass is 356 g/mol. The van der Waals surface area contributed by atoms with Crippen molar-refractivity contribution in [1.29, 1.82) is 0 Å². The Bertz CT molecular complexity index is 521. The van der Waals surface area contributed by atoms with Crippen molar-refractivity contribution in [2.24, 2.45) is 5.92 Å². The van der Waals surface area contributed by atoms with Crippen molar-refractivity contribution in [2.45, 2.75) is 26.2 Å². The molecule has 19 heavy (non-hydrogen) atoms. The number of aryl methyl sites for hydroxylation is 1. The maximum Gasteiger partial charge on any atom is 0.0408 e. The fourth-order valence-electron chi connectivity index (χ4n) is 2.19. The summed E-state index contributed by atoms with van der Waals surface area (Å²) in [5, 5.41) is 1.86. The molecule has 0 N–H and O–H groups in total. The number of halogens is 2. The molecule has 0 radical (unpaired) electrons. The first-order valence-electron chi connectivity index (χ1n) is 6.59. The molecule has 2 rings (SSSR count). The van der Waals surface area contributed by atoms with Gasteiger partial charge < -0.3 is 0 Å². The molecule has 0 aliphatic rings. The Labute approximate surface area is 132 Å². The minimum atomic E-state index is 0.627. The number of rotatable bonds is 6. The summed E-state index contributed by atoms with van der Waals surface area (Å²) in [6.45, 7) is 2.21. The summed E-state index contributed by atoms with van der Waals surface area (Å²) in [6, 6.07) is 12.7. The van der Waals surface area contributed by atoms with E-state index in [4.69, 9.17) is 11.6 Å². The number of hydrogen-bond acceptors (Lipinski definition) is 1. The molecule has 102 valence electrons. The van der Waals surface area contributed by atoms with Crippen LogP contribution in [0.2, 0.25) is 5.02 Å². The second-order valence-electron chi connectivity index (χ2n) is 4.78. The van der Waals surface area contributed by atoms with Crippen molar-refractivity contribution >= 4 is 38.9 Å². The molecule has 3 heteroatoms. The van der Waals surface area contributed by atoms with Gasteiger partial charge in [-0.3, -0.25) is 0 Å². The standard InChI is InChI=1S/C16H18BrClS/c1-2-15-6-7-16(19-15)10-13(11-17)8-12-4-3-5-14(18)9-12/h3-7,9,13H,2,8,10-11H2,1H3. The van der Waals surface area contributed by atoms with Crippen LogP contribution in [-0.2, 0) is 19.3 Å². The lowest BCUT2D eigenvalue weighted by molar-refractivity contribution is 0.596. The Balaban J connectivity index is 2.00. The fraction of sp³-hybridized carbons (Fsp3) is 0.375. The van der Waals surface area contributed by atoms with Gasteiger partial charge in [-0.1, -0.05) is 46.6 Å². The Kier molecular flexibility index (Phi) is 5.93. The summed E-state index contributed by atoms with van der Waals surface area (Å²) >= 11 is 11.6. The molecule has 0 saturated heterocycles. The summed E-state index contributed by atoms with van der Waals surface area (Å²) in [5.74, 6) is 0.627. The topological polar surface area (TPSA) is 0 Å². The Hall–Kier alpha value is -0.310. The third-order valence-electron chi connectivity index (χ3n) is 3.19. The molecule has 2 aromatic rings. The van der Waals surface area contributed by atoms with Gasteiger partial charge in [0.05, 0.1) is 0 Å². The van der Waals surface area contributed by atoms with E-state index in [-0.39, 0.29) is 0 Å². The average Bonchev–Trinajstić information content (AvgIpc) is 2.85. The summed E-state index contributed by atoms with van der Waals surface area (Å²) in [4.78, 5) is 2.97. The van der Waals surface area contributed by atoms with Gasteiger partial charge in [-0.15, -0.1) is 11.3 Å². The number of hydrogen-bond donors (Lipinski definition) is 0. The van der Waals surface area contributed by atoms with Crippen molar-refractivity contribution in [2.75, 3.05) is 5.33 Å². The largest absolute Gasteiger partial charge is 0.145 e. The highest BCUT2D eigenvalue weighted by molar-refractivity contribution is 9.09. The van der Waals surface area contributed by atoms with Crippen LogP contribution in [0.4, 0.5) is 0 Å². The first-order chi connectivity index (χ1) is 9.21. The van der Waals surface area contributed by atoms with Crippen molar-refractivity contribution in [1.82, 2.24) is 0 Å². The highest BCUT2D eigenvalue weighted by Gasteiger charge is 2.11. The lowest BCUT2D eigenvalue weighted by Gasteiger charge is -2.13. The molecular formula is C16H18BrClS. The van der Waals surface area contributed by atoms with Crippen LogP contribution in [0, 0.1) is 5.92 Å². The normalized spacial score (nSPS) is 12.6. The second-order valence-corrected chi connectivity index (χ2v) is 7.12. The zero-order valence-corrected chi connectivity index (χ0v) is 14.2. The van der Waals surface area contributed by atoms with Gasteiger partial charge in [-0.2, -0.15) is 0 Å². The second kappa shape index (κ2) is 7.47. The number of thiophene rings is 1. The van der Waals surface area contributed by atoms with Gasteiger partial charge >= 0.3 is 0 Å². The zero-order valence-electron chi connectivity index (χ0n) is 11.0. The molecular weight excluding hydrogens is 340 g/mol. The van der Waals surface area contributed by atoms with Gasteiger partial charge in [-0.25, -0.2) is 0 Å². The molecule has 0 bridgehead atoms. The van der Waals surface area contributed by atoms with E-state index in [0.29, 0.717) is 5.92 Å². The number of benzene rings is 1. The van der Waals surface area contributed by atoms with E-state index in [1.165, 1.54) is 15.3 Å². The molecule has 0 aliphatic heterocycles. The fourth-order valence-corrected chi connectivity index (χ4v) is 3.93. The van der Waals surface area contributed by atoms with Gasteiger partial charge in [0, 0.05) is 20.1 Å². The summed E-state index contributed by atoms with van der Waals surface area (Å²) < 4.78 is 0. The summed E-state index contributed by atoms with van der Waals surface area (Å²) in [6.07, 6.45) is 3.35. The van der Waals surface area contributed by atoms with Gasteiger partial charge in [0.15, 0.2) is 0 Å². The Morgan fingerprint density at radius 3 is 2.58 bits per heavy atom. The van der Waals surface area contributed by atoms with Crippen LogP contribution in [0.5, 0.6) is 0 Å². The van der Waals surface area contributed by atoms with E-state index in [2.05, 4.69) is 47.1 Å². The third kappa shape index (κ3) is 4.62. The van der Waals surface area contributed by atoms with E-state index < -0.39 is 0 Å². The van der Waals surface area contributed by atoms with Crippen molar-refractivity contribution < 1.29 is 0 Å². The minimum absolute atomic E-state index is 0.627. The molecule has 0 nitrogen and oxygen atoms in total. The average molecular weight is 358 g/mol. The molecule has 1 unspecified atom stereocenters.